The van der Waals surface area contributed by atoms with Gasteiger partial charge in [0.15, 0.2) is 0 Å². The molecule has 0 rings (SSSR count). The third kappa shape index (κ3) is 45.5. The Morgan fingerprint density at radius 1 is 0.541 bits per heavy atom. The van der Waals surface area contributed by atoms with Crippen molar-refractivity contribution >= 4 is 19.8 Å². The van der Waals surface area contributed by atoms with Crippen LogP contribution in [0.2, 0.25) is 0 Å². The molecule has 0 saturated carbocycles. The Morgan fingerprint density at radius 2 is 0.951 bits per heavy atom. The summed E-state index contributed by atoms with van der Waals surface area (Å²) in [5.41, 5.74) is 5.37. The fourth-order valence-electron chi connectivity index (χ4n) is 6.53. The van der Waals surface area contributed by atoms with E-state index in [0.29, 0.717) is 13.0 Å². The van der Waals surface area contributed by atoms with Crippen molar-refractivity contribution in [3.05, 3.63) is 60.8 Å². The summed E-state index contributed by atoms with van der Waals surface area (Å²) in [7, 11) is -4.63. The molecule has 10 nitrogen and oxygen atoms in total. The Hall–Kier alpha value is -2.33. The molecular weight excluding hydrogens is 790 g/mol. The van der Waals surface area contributed by atoms with Gasteiger partial charge in [-0.15, -0.1) is 0 Å². The molecule has 3 atom stereocenters. The average Bonchev–Trinajstić information content (AvgIpc) is 3.24. The van der Waals surface area contributed by atoms with Gasteiger partial charge in [0.2, 0.25) is 0 Å². The van der Waals surface area contributed by atoms with Crippen LogP contribution in [0.3, 0.4) is 0 Å². The molecule has 61 heavy (non-hydrogen) atoms. The number of hydrogen-bond acceptors (Lipinski definition) is 8. The van der Waals surface area contributed by atoms with E-state index in [1.165, 1.54) is 103 Å². The molecule has 0 aromatic rings. The number of carboxylic acids is 1. The fraction of sp³-hybridized carbons (Fsp3) is 0.760. The molecule has 11 heteroatoms. The average molecular weight is 880 g/mol. The lowest BCUT2D eigenvalue weighted by Crippen LogP contribution is -2.34. The largest absolute Gasteiger partial charge is 0.480 e. The zero-order valence-corrected chi connectivity index (χ0v) is 39.6. The van der Waals surface area contributed by atoms with Crippen LogP contribution in [-0.4, -0.2) is 60.5 Å². The van der Waals surface area contributed by atoms with E-state index in [9.17, 15) is 19.0 Å². The van der Waals surface area contributed by atoms with Crippen LogP contribution in [0.15, 0.2) is 60.8 Å². The molecule has 0 spiro atoms. The van der Waals surface area contributed by atoms with Crippen LogP contribution < -0.4 is 5.73 Å². The van der Waals surface area contributed by atoms with E-state index in [0.717, 1.165) is 77.0 Å². The first kappa shape index (κ1) is 58.7. The van der Waals surface area contributed by atoms with E-state index in [2.05, 4.69) is 74.6 Å². The predicted octanol–water partition coefficient (Wildman–Crippen LogP) is 14.0. The van der Waals surface area contributed by atoms with Gasteiger partial charge in [0, 0.05) is 13.0 Å². The van der Waals surface area contributed by atoms with E-state index in [1.54, 1.807) is 0 Å². The number of carboxylic acid groups (broad SMARTS) is 1. The van der Waals surface area contributed by atoms with Crippen molar-refractivity contribution in [2.45, 2.75) is 219 Å². The number of hydrogen-bond donors (Lipinski definition) is 3. The molecule has 354 valence electrons. The van der Waals surface area contributed by atoms with Crippen molar-refractivity contribution in [1.82, 2.24) is 0 Å². The highest BCUT2D eigenvalue weighted by atomic mass is 31.2. The lowest BCUT2D eigenvalue weighted by molar-refractivity contribution is -0.154. The van der Waals surface area contributed by atoms with Gasteiger partial charge in [-0.3, -0.25) is 18.6 Å². The van der Waals surface area contributed by atoms with Crippen LogP contribution in [0.25, 0.3) is 0 Å². The van der Waals surface area contributed by atoms with Gasteiger partial charge in [-0.05, 0) is 77.0 Å². The van der Waals surface area contributed by atoms with Gasteiger partial charge in [0.25, 0.3) is 0 Å². The first-order valence-corrected chi connectivity index (χ1v) is 25.8. The second kappa shape index (κ2) is 45.7. The van der Waals surface area contributed by atoms with Crippen LogP contribution in [0.5, 0.6) is 0 Å². The maximum atomic E-state index is 12.7. The van der Waals surface area contributed by atoms with Crippen molar-refractivity contribution in [1.29, 1.82) is 0 Å². The lowest BCUT2D eigenvalue weighted by atomic mass is 10.1. The number of allylic oxidation sites excluding steroid dienone is 10. The standard InChI is InChI=1S/C50H90NO9P/c1-3-5-7-9-11-13-15-17-19-21-23-24-25-26-28-30-32-34-36-38-40-42-49(52)60-47(45-58-61(55,56)59-46-48(51)50(53)54)44-57-43-41-39-37-35-33-31-29-27-22-20-18-16-14-12-10-8-6-4-2/h6,8,12,14-15,17-18,20-21,23,47-48H,3-5,7,9-11,13,16,19,22,24-46,51H2,1-2H3,(H,53,54)(H,55,56)/b8-6-,14-12-,17-15-,20-18-,23-21-. The monoisotopic (exact) mass is 880 g/mol. The summed E-state index contributed by atoms with van der Waals surface area (Å²) in [6.07, 6.45) is 55.5. The number of unbranched alkanes of at least 4 members (excludes halogenated alkanes) is 22. The number of rotatable bonds is 46. The molecule has 0 fully saturated rings. The second-order valence-electron chi connectivity index (χ2n) is 16.2. The van der Waals surface area contributed by atoms with Crippen LogP contribution in [-0.2, 0) is 32.7 Å². The molecule has 0 aliphatic heterocycles. The zero-order valence-electron chi connectivity index (χ0n) is 38.7. The minimum Gasteiger partial charge on any atom is -0.480 e. The number of carbonyl (C=O) groups is 2. The van der Waals surface area contributed by atoms with E-state index in [1.807, 2.05) is 0 Å². The van der Waals surface area contributed by atoms with Crippen molar-refractivity contribution in [2.24, 2.45) is 5.73 Å². The molecular formula is C50H90NO9P. The van der Waals surface area contributed by atoms with E-state index in [-0.39, 0.29) is 13.0 Å². The van der Waals surface area contributed by atoms with Gasteiger partial charge >= 0.3 is 19.8 Å². The molecule has 0 heterocycles. The topological polar surface area (TPSA) is 155 Å². The van der Waals surface area contributed by atoms with Gasteiger partial charge < -0.3 is 25.2 Å². The van der Waals surface area contributed by atoms with E-state index >= 15 is 0 Å². The van der Waals surface area contributed by atoms with Crippen LogP contribution in [0.4, 0.5) is 0 Å². The van der Waals surface area contributed by atoms with Gasteiger partial charge in [-0.1, -0.05) is 184 Å². The normalized spacial score (nSPS) is 14.3. The number of nitrogens with two attached hydrogens (primary N) is 1. The number of phosphoric ester groups is 1. The van der Waals surface area contributed by atoms with Gasteiger partial charge in [-0.2, -0.15) is 0 Å². The lowest BCUT2D eigenvalue weighted by Gasteiger charge is -2.20. The molecule has 0 radical (unpaired) electrons. The number of carbonyl (C=O) groups excluding carboxylic acids is 1. The molecule has 0 amide bonds. The van der Waals surface area contributed by atoms with E-state index < -0.39 is 45.1 Å². The Morgan fingerprint density at radius 3 is 1.43 bits per heavy atom. The first-order chi connectivity index (χ1) is 29.7. The smallest absolute Gasteiger partial charge is 0.472 e. The molecule has 0 aliphatic carbocycles. The predicted molar refractivity (Wildman–Crippen MR) is 254 cm³/mol. The van der Waals surface area contributed by atoms with Gasteiger partial charge in [0.1, 0.15) is 12.1 Å². The molecule has 0 aromatic heterocycles. The molecule has 4 N–H and O–H groups in total. The highest BCUT2D eigenvalue weighted by Crippen LogP contribution is 2.43. The van der Waals surface area contributed by atoms with E-state index in [4.69, 9.17) is 29.4 Å². The maximum Gasteiger partial charge on any atom is 0.472 e. The SMILES string of the molecule is CC/C=C\C/C=C\C/C=C\CCCCCCCCCCOCC(COP(=O)(O)OCC(N)C(=O)O)OC(=O)CCCCCCCCCCC/C=C\C/C=C\CCCCCCC. The quantitative estimate of drug-likeness (QED) is 0.0233. The maximum absolute atomic E-state index is 12.7. The zero-order chi connectivity index (χ0) is 44.8. The highest BCUT2D eigenvalue weighted by molar-refractivity contribution is 7.47. The summed E-state index contributed by atoms with van der Waals surface area (Å²) in [6, 6.07) is -1.48. The van der Waals surface area contributed by atoms with Gasteiger partial charge in [-0.25, -0.2) is 4.57 Å². The molecule has 0 aromatic carbocycles. The molecule has 0 bridgehead atoms. The third-order valence-electron chi connectivity index (χ3n) is 10.3. The molecule has 0 aliphatic rings. The van der Waals surface area contributed by atoms with Crippen molar-refractivity contribution in [2.75, 3.05) is 26.4 Å². The van der Waals surface area contributed by atoms with Crippen molar-refractivity contribution < 1.29 is 42.7 Å². The molecule has 0 saturated heterocycles. The van der Waals surface area contributed by atoms with Gasteiger partial charge in [0.05, 0.1) is 19.8 Å². The Labute approximate surface area is 372 Å². The third-order valence-corrected chi connectivity index (χ3v) is 11.2. The minimum atomic E-state index is -4.63. The summed E-state index contributed by atoms with van der Waals surface area (Å²) >= 11 is 0. The van der Waals surface area contributed by atoms with Crippen LogP contribution >= 0.6 is 7.82 Å². The Bertz CT molecular complexity index is 1200. The Kier molecular flexibility index (Phi) is 43.9. The van der Waals surface area contributed by atoms with Crippen molar-refractivity contribution in [3.63, 3.8) is 0 Å². The molecule has 3 unspecified atom stereocenters. The summed E-state index contributed by atoms with van der Waals surface area (Å²) in [4.78, 5) is 33.7. The number of ether oxygens (including phenoxy) is 2. The summed E-state index contributed by atoms with van der Waals surface area (Å²) < 4.78 is 33.5. The summed E-state index contributed by atoms with van der Waals surface area (Å²) in [5.74, 6) is -1.79. The minimum absolute atomic E-state index is 0.00829. The summed E-state index contributed by atoms with van der Waals surface area (Å²) in [5, 5.41) is 8.92. The first-order valence-electron chi connectivity index (χ1n) is 24.3. The van der Waals surface area contributed by atoms with Crippen molar-refractivity contribution in [3.8, 4) is 0 Å². The van der Waals surface area contributed by atoms with Crippen LogP contribution in [0, 0.1) is 0 Å². The second-order valence-corrected chi connectivity index (χ2v) is 17.7. The number of phosphoric acid groups is 1. The number of aliphatic carboxylic acids is 1. The highest BCUT2D eigenvalue weighted by Gasteiger charge is 2.27. The fourth-order valence-corrected chi connectivity index (χ4v) is 7.31. The number of esters is 1. The Balaban J connectivity index is 4.19. The summed E-state index contributed by atoms with van der Waals surface area (Å²) in [6.45, 7) is 3.75. The van der Waals surface area contributed by atoms with Crippen LogP contribution in [0.1, 0.15) is 206 Å².